The number of hydrogen-bond acceptors (Lipinski definition) is 3. The predicted octanol–water partition coefficient (Wildman–Crippen LogP) is 4.48. The molecule has 0 aromatic heterocycles. The Morgan fingerprint density at radius 2 is 1.93 bits per heavy atom. The first-order valence-electron chi connectivity index (χ1n) is 9.27. The fourth-order valence-electron chi connectivity index (χ4n) is 3.72. The lowest BCUT2D eigenvalue weighted by Gasteiger charge is -2.41. The molecule has 2 aliphatic rings. The predicted molar refractivity (Wildman–Crippen MR) is 106 cm³/mol. The maximum absolute atomic E-state index is 12.8. The van der Waals surface area contributed by atoms with Crippen molar-refractivity contribution in [2.75, 3.05) is 25.5 Å². The van der Waals surface area contributed by atoms with E-state index in [0.29, 0.717) is 18.8 Å². The van der Waals surface area contributed by atoms with E-state index in [2.05, 4.69) is 23.5 Å². The van der Waals surface area contributed by atoms with Crippen molar-refractivity contribution < 1.29 is 14.3 Å². The number of urea groups is 1. The number of carbonyl (C=O) groups excluding carboxylic acids is 1. The van der Waals surface area contributed by atoms with Gasteiger partial charge < -0.3 is 19.7 Å². The van der Waals surface area contributed by atoms with E-state index in [4.69, 9.17) is 9.47 Å². The van der Waals surface area contributed by atoms with E-state index >= 15 is 0 Å². The summed E-state index contributed by atoms with van der Waals surface area (Å²) in [5.41, 5.74) is 2.50. The van der Waals surface area contributed by atoms with Gasteiger partial charge in [0.05, 0.1) is 12.8 Å². The zero-order chi connectivity index (χ0) is 18.9. The Morgan fingerprint density at radius 3 is 2.70 bits per heavy atom. The van der Waals surface area contributed by atoms with E-state index < -0.39 is 0 Å². The number of aryl methyl sites for hydroxylation is 1. The van der Waals surface area contributed by atoms with Crippen LogP contribution in [0.3, 0.4) is 0 Å². The number of para-hydroxylation sites is 2. The molecule has 0 bridgehead atoms. The maximum Gasteiger partial charge on any atom is 0.321 e. The number of ether oxygens (including phenoxy) is 2. The van der Waals surface area contributed by atoms with Gasteiger partial charge >= 0.3 is 6.03 Å². The molecule has 1 saturated heterocycles. The van der Waals surface area contributed by atoms with Crippen molar-refractivity contribution in [2.45, 2.75) is 25.4 Å². The first-order valence-corrected chi connectivity index (χ1v) is 9.27. The summed E-state index contributed by atoms with van der Waals surface area (Å²) in [4.78, 5) is 14.6. The highest BCUT2D eigenvalue weighted by Gasteiger charge is 2.38. The summed E-state index contributed by atoms with van der Waals surface area (Å²) in [6.45, 7) is 3.25. The van der Waals surface area contributed by atoms with Gasteiger partial charge in [-0.25, -0.2) is 4.79 Å². The van der Waals surface area contributed by atoms with Crippen molar-refractivity contribution in [2.24, 2.45) is 0 Å². The van der Waals surface area contributed by atoms with Crippen LogP contribution in [0.5, 0.6) is 11.5 Å². The molecule has 1 N–H and O–H groups in total. The second kappa shape index (κ2) is 6.99. The summed E-state index contributed by atoms with van der Waals surface area (Å²) in [6.07, 6.45) is 5.83. The van der Waals surface area contributed by atoms with Gasteiger partial charge in [-0.3, -0.25) is 0 Å². The number of benzene rings is 2. The average Bonchev–Trinajstić information content (AvgIpc) is 2.70. The van der Waals surface area contributed by atoms with E-state index in [1.54, 1.807) is 7.11 Å². The number of nitrogens with one attached hydrogen (secondary N) is 1. The van der Waals surface area contributed by atoms with Crippen molar-refractivity contribution in [3.05, 3.63) is 59.7 Å². The number of amides is 2. The number of anilines is 1. The second-order valence-corrected chi connectivity index (χ2v) is 7.11. The van der Waals surface area contributed by atoms with Crippen LogP contribution in [0.4, 0.5) is 10.5 Å². The minimum absolute atomic E-state index is 0.0994. The molecule has 0 aliphatic carbocycles. The van der Waals surface area contributed by atoms with Crippen LogP contribution < -0.4 is 14.8 Å². The Morgan fingerprint density at radius 1 is 1.15 bits per heavy atom. The zero-order valence-electron chi connectivity index (χ0n) is 15.7. The number of likely N-dealkylation sites (tertiary alicyclic amines) is 1. The van der Waals surface area contributed by atoms with Crippen LogP contribution in [-0.2, 0) is 0 Å². The molecular formula is C22H24N2O3. The summed E-state index contributed by atoms with van der Waals surface area (Å²) < 4.78 is 11.7. The molecule has 140 valence electrons. The average molecular weight is 364 g/mol. The van der Waals surface area contributed by atoms with Crippen molar-refractivity contribution in [1.29, 1.82) is 0 Å². The molecule has 2 aliphatic heterocycles. The molecule has 4 rings (SSSR count). The summed E-state index contributed by atoms with van der Waals surface area (Å²) in [5, 5.41) is 3.01. The molecule has 0 radical (unpaired) electrons. The van der Waals surface area contributed by atoms with Gasteiger partial charge in [-0.2, -0.15) is 0 Å². The third-order valence-corrected chi connectivity index (χ3v) is 5.38. The fourth-order valence-corrected chi connectivity index (χ4v) is 3.72. The molecule has 5 nitrogen and oxygen atoms in total. The van der Waals surface area contributed by atoms with Crippen LogP contribution in [-0.4, -0.2) is 36.7 Å². The smallest absolute Gasteiger partial charge is 0.321 e. The van der Waals surface area contributed by atoms with Crippen LogP contribution >= 0.6 is 0 Å². The summed E-state index contributed by atoms with van der Waals surface area (Å²) in [6, 6.07) is 13.7. The number of hydrogen-bond donors (Lipinski definition) is 1. The lowest BCUT2D eigenvalue weighted by atomic mass is 9.88. The number of carbonyl (C=O) groups is 1. The minimum atomic E-state index is -0.314. The molecule has 0 unspecified atom stereocenters. The normalized spacial score (nSPS) is 17.2. The van der Waals surface area contributed by atoms with Crippen molar-refractivity contribution in [3.8, 4) is 11.5 Å². The zero-order valence-corrected chi connectivity index (χ0v) is 15.7. The van der Waals surface area contributed by atoms with Gasteiger partial charge in [0.25, 0.3) is 0 Å². The van der Waals surface area contributed by atoms with Gasteiger partial charge in [0.1, 0.15) is 17.1 Å². The summed E-state index contributed by atoms with van der Waals surface area (Å²) in [7, 11) is 1.61. The molecule has 27 heavy (non-hydrogen) atoms. The molecule has 0 atom stereocenters. The number of fused-ring (bicyclic) bond motifs is 1. The molecule has 2 aromatic rings. The van der Waals surface area contributed by atoms with Gasteiger partial charge in [0, 0.05) is 31.5 Å². The van der Waals surface area contributed by atoms with Crippen LogP contribution in [0.1, 0.15) is 24.0 Å². The SMILES string of the molecule is COc1cccc(C)c1NC(=O)N1CCC2(C=Cc3ccccc3O2)CC1. The largest absolute Gasteiger partial charge is 0.495 e. The molecule has 0 saturated carbocycles. The van der Waals surface area contributed by atoms with Gasteiger partial charge in [-0.15, -0.1) is 0 Å². The van der Waals surface area contributed by atoms with Crippen molar-refractivity contribution in [1.82, 2.24) is 4.90 Å². The number of nitrogens with zero attached hydrogens (tertiary/aromatic N) is 1. The lowest BCUT2D eigenvalue weighted by molar-refractivity contribution is 0.0518. The quantitative estimate of drug-likeness (QED) is 0.855. The third-order valence-electron chi connectivity index (χ3n) is 5.38. The highest BCUT2D eigenvalue weighted by Crippen LogP contribution is 2.37. The Labute approximate surface area is 159 Å². The van der Waals surface area contributed by atoms with Crippen molar-refractivity contribution >= 4 is 17.8 Å². The number of piperidine rings is 1. The molecular weight excluding hydrogens is 340 g/mol. The first-order chi connectivity index (χ1) is 13.1. The Hall–Kier alpha value is -2.95. The molecule has 2 amide bonds. The maximum atomic E-state index is 12.8. The van der Waals surface area contributed by atoms with E-state index in [-0.39, 0.29) is 11.6 Å². The van der Waals surface area contributed by atoms with Gasteiger partial charge in [0.15, 0.2) is 0 Å². The Kier molecular flexibility index (Phi) is 4.52. The molecule has 1 spiro atoms. The fraction of sp³-hybridized carbons (Fsp3) is 0.318. The highest BCUT2D eigenvalue weighted by atomic mass is 16.5. The van der Waals surface area contributed by atoms with E-state index in [1.165, 1.54) is 0 Å². The van der Waals surface area contributed by atoms with E-state index in [1.807, 2.05) is 48.2 Å². The van der Waals surface area contributed by atoms with Crippen LogP contribution in [0, 0.1) is 6.92 Å². The molecule has 5 heteroatoms. The van der Waals surface area contributed by atoms with E-state index in [9.17, 15) is 4.79 Å². The summed E-state index contributed by atoms with van der Waals surface area (Å²) >= 11 is 0. The van der Waals surface area contributed by atoms with Crippen LogP contribution in [0.2, 0.25) is 0 Å². The minimum Gasteiger partial charge on any atom is -0.495 e. The van der Waals surface area contributed by atoms with Crippen LogP contribution in [0.25, 0.3) is 6.08 Å². The Balaban J connectivity index is 1.42. The first kappa shape index (κ1) is 17.5. The molecule has 2 heterocycles. The van der Waals surface area contributed by atoms with Crippen LogP contribution in [0.15, 0.2) is 48.5 Å². The lowest BCUT2D eigenvalue weighted by Crippen LogP contribution is -2.50. The number of methoxy groups -OCH3 is 1. The van der Waals surface area contributed by atoms with E-state index in [0.717, 1.165) is 35.4 Å². The standard InChI is InChI=1S/C22H24N2O3/c1-16-6-5-9-19(26-2)20(16)23-21(25)24-14-12-22(13-15-24)11-10-17-7-3-4-8-18(17)27-22/h3-11H,12-15H2,1-2H3,(H,23,25). The number of rotatable bonds is 2. The third kappa shape index (κ3) is 3.37. The molecule has 1 fully saturated rings. The Bertz CT molecular complexity index is 883. The second-order valence-electron chi connectivity index (χ2n) is 7.11. The van der Waals surface area contributed by atoms with Gasteiger partial charge in [0.2, 0.25) is 0 Å². The summed E-state index contributed by atoms with van der Waals surface area (Å²) in [5.74, 6) is 1.59. The molecule has 2 aromatic carbocycles. The highest BCUT2D eigenvalue weighted by molar-refractivity contribution is 5.92. The monoisotopic (exact) mass is 364 g/mol. The van der Waals surface area contributed by atoms with Crippen molar-refractivity contribution in [3.63, 3.8) is 0 Å². The van der Waals surface area contributed by atoms with Gasteiger partial charge in [-0.05, 0) is 30.7 Å². The topological polar surface area (TPSA) is 50.8 Å². The van der Waals surface area contributed by atoms with Gasteiger partial charge in [-0.1, -0.05) is 36.4 Å².